The Kier molecular flexibility index (Phi) is 7.33. The molecule has 38 heavy (non-hydrogen) atoms. The summed E-state index contributed by atoms with van der Waals surface area (Å²) < 4.78 is 36.9. The summed E-state index contributed by atoms with van der Waals surface area (Å²) in [4.78, 5) is 52.0. The number of imide groups is 1. The molecule has 5 rings (SSSR count). The number of fused-ring (bicyclic) bond motifs is 3. The van der Waals surface area contributed by atoms with Crippen LogP contribution in [-0.2, 0) is 23.9 Å². The van der Waals surface area contributed by atoms with Crippen molar-refractivity contribution in [2.45, 2.75) is 37.5 Å². The van der Waals surface area contributed by atoms with E-state index in [1.165, 1.54) is 12.0 Å². The van der Waals surface area contributed by atoms with E-state index in [1.807, 2.05) is 42.5 Å². The van der Waals surface area contributed by atoms with Crippen LogP contribution in [0, 0.1) is 11.8 Å². The number of alkyl halides is 3. The molecule has 2 amide bonds. The maximum absolute atomic E-state index is 13.3. The summed E-state index contributed by atoms with van der Waals surface area (Å²) in [6.07, 6.45) is -3.75. The van der Waals surface area contributed by atoms with Crippen LogP contribution in [0.2, 0.25) is 0 Å². The molecule has 8 nitrogen and oxygen atoms in total. The second-order valence-electron chi connectivity index (χ2n) is 9.37. The van der Waals surface area contributed by atoms with Gasteiger partial charge in [0.1, 0.15) is 5.54 Å². The fourth-order valence-corrected chi connectivity index (χ4v) is 6.07. The normalized spacial score (nSPS) is 26.4. The van der Waals surface area contributed by atoms with Crippen LogP contribution in [-0.4, -0.2) is 70.6 Å². The number of carbonyl (C=O) groups excluding carboxylic acids is 3. The Morgan fingerprint density at radius 3 is 2.13 bits per heavy atom. The number of aliphatic carboxylic acids is 1. The van der Waals surface area contributed by atoms with Gasteiger partial charge in [-0.25, -0.2) is 4.79 Å². The summed E-state index contributed by atoms with van der Waals surface area (Å²) in [5, 5.41) is 7.12. The number of likely N-dealkylation sites (tertiary alicyclic amines) is 1. The van der Waals surface area contributed by atoms with E-state index in [1.54, 1.807) is 6.92 Å². The Hall–Kier alpha value is -3.73. The van der Waals surface area contributed by atoms with Gasteiger partial charge in [-0.15, -0.1) is 0 Å². The third-order valence-corrected chi connectivity index (χ3v) is 7.56. The Morgan fingerprint density at radius 2 is 1.61 bits per heavy atom. The minimum absolute atomic E-state index is 0.174. The van der Waals surface area contributed by atoms with Crippen LogP contribution in [0.4, 0.5) is 13.2 Å². The first-order valence-corrected chi connectivity index (χ1v) is 12.1. The number of carbonyl (C=O) groups is 4. The number of carboxylic acids is 1. The van der Waals surface area contributed by atoms with Gasteiger partial charge in [-0.05, 0) is 43.0 Å². The Labute approximate surface area is 217 Å². The van der Waals surface area contributed by atoms with Crippen LogP contribution < -0.4 is 0 Å². The molecule has 3 fully saturated rings. The largest absolute Gasteiger partial charge is 0.490 e. The summed E-state index contributed by atoms with van der Waals surface area (Å²) in [5.74, 6) is -4.82. The predicted octanol–water partition coefficient (Wildman–Crippen LogP) is 3.67. The molecule has 0 saturated carbocycles. The summed E-state index contributed by atoms with van der Waals surface area (Å²) in [5.41, 5.74) is 2.11. The molecule has 202 valence electrons. The standard InChI is InChI=1S/C25H26N2O4.C2HF3O2/c1-3-26-22(28)19-20(23(26)29)25(24(30)31-2)14-7-15-27(25)21(19)18-12-10-17(11-13-18)16-8-5-4-6-9-16;3-2(4,5)1(6)7/h4-6,8-13,19-21H,3,7,14-15H2,1-2H3;(H,6,7)/t19?,20?,21?,25-;/m0./s1. The molecule has 3 unspecified atom stereocenters. The number of amides is 2. The van der Waals surface area contributed by atoms with Crippen molar-refractivity contribution >= 4 is 23.8 Å². The molecule has 1 N–H and O–H groups in total. The van der Waals surface area contributed by atoms with E-state index in [0.29, 0.717) is 19.5 Å². The zero-order chi connectivity index (χ0) is 27.8. The van der Waals surface area contributed by atoms with Crippen molar-refractivity contribution in [3.63, 3.8) is 0 Å². The van der Waals surface area contributed by atoms with E-state index in [0.717, 1.165) is 23.1 Å². The van der Waals surface area contributed by atoms with E-state index in [4.69, 9.17) is 14.6 Å². The van der Waals surface area contributed by atoms with Crippen LogP contribution >= 0.6 is 0 Å². The van der Waals surface area contributed by atoms with E-state index < -0.39 is 35.5 Å². The lowest BCUT2D eigenvalue weighted by molar-refractivity contribution is -0.192. The number of carboxylic acid groups (broad SMARTS) is 1. The van der Waals surface area contributed by atoms with Crippen molar-refractivity contribution in [3.8, 4) is 11.1 Å². The van der Waals surface area contributed by atoms with Crippen LogP contribution in [0.3, 0.4) is 0 Å². The number of benzene rings is 2. The maximum atomic E-state index is 13.3. The third-order valence-electron chi connectivity index (χ3n) is 7.56. The average Bonchev–Trinajstić information content (AvgIpc) is 3.52. The quantitative estimate of drug-likeness (QED) is 0.473. The number of halogens is 3. The van der Waals surface area contributed by atoms with Crippen molar-refractivity contribution in [3.05, 3.63) is 60.2 Å². The number of nitrogens with zero attached hydrogens (tertiary/aromatic N) is 2. The predicted molar refractivity (Wildman–Crippen MR) is 128 cm³/mol. The average molecular weight is 533 g/mol. The summed E-state index contributed by atoms with van der Waals surface area (Å²) in [6, 6.07) is 17.9. The fraction of sp³-hybridized carbons (Fsp3) is 0.407. The number of esters is 1. The highest BCUT2D eigenvalue weighted by molar-refractivity contribution is 6.09. The van der Waals surface area contributed by atoms with Crippen LogP contribution in [0.5, 0.6) is 0 Å². The van der Waals surface area contributed by atoms with Crippen LogP contribution in [0.25, 0.3) is 11.1 Å². The van der Waals surface area contributed by atoms with Crippen molar-refractivity contribution in [2.24, 2.45) is 11.8 Å². The van der Waals surface area contributed by atoms with E-state index >= 15 is 0 Å². The van der Waals surface area contributed by atoms with Gasteiger partial charge in [0.25, 0.3) is 0 Å². The molecular formula is C27H27F3N2O6. The van der Waals surface area contributed by atoms with Gasteiger partial charge >= 0.3 is 18.1 Å². The molecule has 0 aliphatic carbocycles. The number of methoxy groups -OCH3 is 1. The van der Waals surface area contributed by atoms with Gasteiger partial charge in [0.05, 0.1) is 18.9 Å². The molecular weight excluding hydrogens is 505 g/mol. The second kappa shape index (κ2) is 10.2. The van der Waals surface area contributed by atoms with Crippen molar-refractivity contribution in [1.82, 2.24) is 9.80 Å². The Balaban J connectivity index is 0.000000426. The first-order chi connectivity index (χ1) is 18.0. The minimum atomic E-state index is -5.08. The molecule has 0 bridgehead atoms. The van der Waals surface area contributed by atoms with E-state index in [9.17, 15) is 27.6 Å². The smallest absolute Gasteiger partial charge is 0.475 e. The van der Waals surface area contributed by atoms with Gasteiger partial charge in [0, 0.05) is 12.6 Å². The van der Waals surface area contributed by atoms with Crippen molar-refractivity contribution in [2.75, 3.05) is 20.2 Å². The lowest BCUT2D eigenvalue weighted by Gasteiger charge is -2.36. The molecule has 0 aromatic heterocycles. The second-order valence-corrected chi connectivity index (χ2v) is 9.37. The monoisotopic (exact) mass is 532 g/mol. The minimum Gasteiger partial charge on any atom is -0.475 e. The molecule has 4 atom stereocenters. The summed E-state index contributed by atoms with van der Waals surface area (Å²) >= 11 is 0. The van der Waals surface area contributed by atoms with Crippen LogP contribution in [0.15, 0.2) is 54.6 Å². The van der Waals surface area contributed by atoms with Gasteiger partial charge in [0.15, 0.2) is 0 Å². The maximum Gasteiger partial charge on any atom is 0.490 e. The fourth-order valence-electron chi connectivity index (χ4n) is 6.07. The topological polar surface area (TPSA) is 104 Å². The number of hydrogen-bond donors (Lipinski definition) is 1. The molecule has 11 heteroatoms. The molecule has 3 aliphatic heterocycles. The van der Waals surface area contributed by atoms with Gasteiger partial charge in [0.2, 0.25) is 11.8 Å². The third kappa shape index (κ3) is 4.34. The molecule has 3 saturated heterocycles. The zero-order valence-electron chi connectivity index (χ0n) is 20.8. The van der Waals surface area contributed by atoms with Crippen molar-refractivity contribution < 1.29 is 42.2 Å². The molecule has 2 aromatic carbocycles. The van der Waals surface area contributed by atoms with Gasteiger partial charge in [-0.1, -0.05) is 54.6 Å². The highest BCUT2D eigenvalue weighted by atomic mass is 19.4. The lowest BCUT2D eigenvalue weighted by atomic mass is 9.77. The molecule has 0 spiro atoms. The molecule has 3 heterocycles. The SMILES string of the molecule is CCN1C(=O)C2C(c3ccc(-c4ccccc4)cc3)N3CCC[C@@]3(C(=O)OC)C2C1=O.O=C(O)C(F)(F)F. The highest BCUT2D eigenvalue weighted by Crippen LogP contribution is 2.59. The van der Waals surface area contributed by atoms with Gasteiger partial charge in [-0.3, -0.25) is 24.2 Å². The van der Waals surface area contributed by atoms with Crippen molar-refractivity contribution in [1.29, 1.82) is 0 Å². The first kappa shape index (κ1) is 27.3. The van der Waals surface area contributed by atoms with Crippen LogP contribution in [0.1, 0.15) is 31.4 Å². The highest BCUT2D eigenvalue weighted by Gasteiger charge is 2.73. The zero-order valence-corrected chi connectivity index (χ0v) is 20.8. The lowest BCUT2D eigenvalue weighted by Crippen LogP contribution is -2.54. The first-order valence-electron chi connectivity index (χ1n) is 12.1. The summed E-state index contributed by atoms with van der Waals surface area (Å²) in [7, 11) is 1.36. The van der Waals surface area contributed by atoms with E-state index in [-0.39, 0.29) is 17.9 Å². The van der Waals surface area contributed by atoms with Gasteiger partial charge in [-0.2, -0.15) is 13.2 Å². The summed E-state index contributed by atoms with van der Waals surface area (Å²) in [6.45, 7) is 2.79. The molecule has 2 aromatic rings. The van der Waals surface area contributed by atoms with E-state index in [2.05, 4.69) is 17.0 Å². The molecule has 3 aliphatic rings. The Bertz CT molecular complexity index is 1230. The number of ether oxygens (including phenoxy) is 1. The van der Waals surface area contributed by atoms with Gasteiger partial charge < -0.3 is 9.84 Å². The number of hydrogen-bond acceptors (Lipinski definition) is 6. The number of rotatable bonds is 4. The molecule has 0 radical (unpaired) electrons. The Morgan fingerprint density at radius 1 is 1.03 bits per heavy atom.